The van der Waals surface area contributed by atoms with Crippen molar-refractivity contribution in [2.45, 2.75) is 212 Å². The summed E-state index contributed by atoms with van der Waals surface area (Å²) in [7, 11) is 1.30. The molecule has 0 aromatic carbocycles. The molecule has 0 saturated carbocycles. The molecule has 3 atom stereocenters. The number of nitrogens with one attached hydrogen (secondary N) is 1. The highest BCUT2D eigenvalue weighted by Crippen LogP contribution is 2.38. The Kier molecular flexibility index (Phi) is 35.9. The van der Waals surface area contributed by atoms with E-state index in [1.807, 2.05) is 21.1 Å². The van der Waals surface area contributed by atoms with Crippen molar-refractivity contribution in [3.63, 3.8) is 0 Å². The van der Waals surface area contributed by atoms with E-state index in [2.05, 4.69) is 43.5 Å². The lowest BCUT2D eigenvalue weighted by atomic mass is 10.0. The molecule has 0 spiro atoms. The lowest BCUT2D eigenvalue weighted by Gasteiger charge is -2.30. The van der Waals surface area contributed by atoms with Gasteiger partial charge in [0.2, 0.25) is 5.91 Å². The van der Waals surface area contributed by atoms with Crippen LogP contribution in [0.5, 0.6) is 0 Å². The Bertz CT molecular complexity index is 922. The second-order valence-corrected chi connectivity index (χ2v) is 17.8. The molecule has 0 aliphatic heterocycles. The van der Waals surface area contributed by atoms with E-state index in [4.69, 9.17) is 9.05 Å². The summed E-state index contributed by atoms with van der Waals surface area (Å²) in [5.74, 6) is -0.171. The molecule has 3 unspecified atom stereocenters. The van der Waals surface area contributed by atoms with Gasteiger partial charge in [-0.3, -0.25) is 9.36 Å². The van der Waals surface area contributed by atoms with Gasteiger partial charge < -0.3 is 28.8 Å². The van der Waals surface area contributed by atoms with Gasteiger partial charge in [-0.25, -0.2) is 0 Å². The largest absolute Gasteiger partial charge is 0.756 e. The smallest absolute Gasteiger partial charge is 0.268 e. The third-order valence-electron chi connectivity index (χ3n) is 9.94. The SMILES string of the molecule is CCCCCCC/C=C\C/C=C\CCCCCCCCCCCC(=O)NC(COP(=O)([O-])OCC[N+](C)(C)C)C(O)CCCCCCCCCCCC. The molecule has 0 aromatic rings. The first-order valence-corrected chi connectivity index (χ1v) is 23.6. The number of amides is 1. The molecule has 0 aliphatic carbocycles. The average molecular weight is 771 g/mol. The van der Waals surface area contributed by atoms with Crippen LogP contribution in [0.25, 0.3) is 0 Å². The Morgan fingerprint density at radius 2 is 1.09 bits per heavy atom. The highest BCUT2D eigenvalue weighted by molar-refractivity contribution is 7.45. The van der Waals surface area contributed by atoms with Crippen LogP contribution in [-0.2, 0) is 18.4 Å². The van der Waals surface area contributed by atoms with Gasteiger partial charge in [-0.1, -0.05) is 173 Å². The molecule has 53 heavy (non-hydrogen) atoms. The van der Waals surface area contributed by atoms with Crippen molar-refractivity contribution in [1.82, 2.24) is 5.32 Å². The van der Waals surface area contributed by atoms with Gasteiger partial charge in [0.25, 0.3) is 7.82 Å². The highest BCUT2D eigenvalue weighted by Gasteiger charge is 2.24. The number of carbonyl (C=O) groups excluding carboxylic acids is 1. The average Bonchev–Trinajstić information content (AvgIpc) is 3.10. The van der Waals surface area contributed by atoms with Crippen LogP contribution < -0.4 is 10.2 Å². The molecule has 0 rings (SSSR count). The van der Waals surface area contributed by atoms with Crippen molar-refractivity contribution < 1.29 is 32.9 Å². The summed E-state index contributed by atoms with van der Waals surface area (Å²) in [5.41, 5.74) is 0. The molecule has 0 radical (unpaired) electrons. The van der Waals surface area contributed by atoms with Gasteiger partial charge in [0.05, 0.1) is 39.9 Å². The first kappa shape index (κ1) is 52.0. The number of carbonyl (C=O) groups is 1. The van der Waals surface area contributed by atoms with Crippen LogP contribution in [0.1, 0.15) is 200 Å². The van der Waals surface area contributed by atoms with Crippen molar-refractivity contribution in [2.75, 3.05) is 40.9 Å². The molecule has 9 heteroatoms. The van der Waals surface area contributed by atoms with Crippen molar-refractivity contribution in [3.05, 3.63) is 24.3 Å². The Labute approximate surface area is 328 Å². The van der Waals surface area contributed by atoms with Gasteiger partial charge in [-0.05, 0) is 44.9 Å². The van der Waals surface area contributed by atoms with Crippen LogP contribution in [0.2, 0.25) is 0 Å². The number of hydrogen-bond donors (Lipinski definition) is 2. The number of nitrogens with zero attached hydrogens (tertiary/aromatic N) is 1. The van der Waals surface area contributed by atoms with E-state index >= 15 is 0 Å². The number of aliphatic hydroxyl groups excluding tert-OH is 1. The van der Waals surface area contributed by atoms with Gasteiger partial charge in [-0.15, -0.1) is 0 Å². The maximum absolute atomic E-state index is 12.8. The van der Waals surface area contributed by atoms with E-state index in [1.165, 1.54) is 128 Å². The Morgan fingerprint density at radius 1 is 0.660 bits per heavy atom. The molecule has 0 heterocycles. The number of phosphoric ester groups is 1. The summed E-state index contributed by atoms with van der Waals surface area (Å²) in [6.45, 7) is 4.69. The number of rotatable bonds is 40. The van der Waals surface area contributed by atoms with Gasteiger partial charge >= 0.3 is 0 Å². The van der Waals surface area contributed by atoms with Crippen molar-refractivity contribution in [3.8, 4) is 0 Å². The van der Waals surface area contributed by atoms with Gasteiger partial charge in [0, 0.05) is 6.42 Å². The molecule has 0 aromatic heterocycles. The van der Waals surface area contributed by atoms with Crippen LogP contribution >= 0.6 is 7.82 Å². The fourth-order valence-corrected chi connectivity index (χ4v) is 7.09. The number of aliphatic hydroxyl groups is 1. The fourth-order valence-electron chi connectivity index (χ4n) is 6.36. The van der Waals surface area contributed by atoms with E-state index in [-0.39, 0.29) is 19.1 Å². The highest BCUT2D eigenvalue weighted by atomic mass is 31.2. The zero-order valence-electron chi connectivity index (χ0n) is 35.5. The standard InChI is InChI=1S/C44H87N2O6P/c1-6-8-10-12-14-16-18-19-20-21-22-23-24-25-26-27-28-30-32-34-36-38-44(48)45-42(41-52-53(49,50)51-40-39-46(3,4)5)43(47)37-35-33-31-29-17-15-13-11-9-7-2/h18-19,21-22,42-43,47H,6-17,20,23-41H2,1-5H3,(H-,45,48,49,50)/b19-18-,22-21-. The van der Waals surface area contributed by atoms with E-state index in [1.54, 1.807) is 0 Å². The molecule has 0 saturated heterocycles. The number of likely N-dealkylation sites (N-methyl/N-ethyl adjacent to an activating group) is 1. The number of phosphoric acid groups is 1. The molecule has 0 fully saturated rings. The minimum Gasteiger partial charge on any atom is -0.756 e. The predicted molar refractivity (Wildman–Crippen MR) is 224 cm³/mol. The zero-order valence-corrected chi connectivity index (χ0v) is 36.4. The molecule has 0 bridgehead atoms. The predicted octanol–water partition coefficient (Wildman–Crippen LogP) is 11.5. The lowest BCUT2D eigenvalue weighted by Crippen LogP contribution is -2.46. The molecule has 0 aliphatic rings. The lowest BCUT2D eigenvalue weighted by molar-refractivity contribution is -0.870. The molecular weight excluding hydrogens is 683 g/mol. The van der Waals surface area contributed by atoms with Crippen LogP contribution in [-0.4, -0.2) is 68.5 Å². The van der Waals surface area contributed by atoms with Crippen molar-refractivity contribution in [1.29, 1.82) is 0 Å². The van der Waals surface area contributed by atoms with Crippen LogP contribution in [0.3, 0.4) is 0 Å². The van der Waals surface area contributed by atoms with Crippen molar-refractivity contribution in [2.24, 2.45) is 0 Å². The van der Waals surface area contributed by atoms with E-state index < -0.39 is 20.0 Å². The summed E-state index contributed by atoms with van der Waals surface area (Å²) in [5, 5.41) is 13.8. The topological polar surface area (TPSA) is 108 Å². The first-order chi connectivity index (χ1) is 25.5. The van der Waals surface area contributed by atoms with Gasteiger partial charge in [0.15, 0.2) is 0 Å². The first-order valence-electron chi connectivity index (χ1n) is 22.2. The number of allylic oxidation sites excluding steroid dienone is 4. The maximum atomic E-state index is 12.8. The molecule has 314 valence electrons. The van der Waals surface area contributed by atoms with Gasteiger partial charge in [-0.2, -0.15) is 0 Å². The summed E-state index contributed by atoms with van der Waals surface area (Å²) in [6, 6.07) is -0.799. The fraction of sp³-hybridized carbons (Fsp3) is 0.886. The maximum Gasteiger partial charge on any atom is 0.268 e. The van der Waals surface area contributed by atoms with Crippen LogP contribution in [0.15, 0.2) is 24.3 Å². The molecule has 2 N–H and O–H groups in total. The van der Waals surface area contributed by atoms with Gasteiger partial charge in [0.1, 0.15) is 13.2 Å². The number of quaternary nitrogens is 1. The van der Waals surface area contributed by atoms with Crippen molar-refractivity contribution >= 4 is 13.7 Å². The Morgan fingerprint density at radius 3 is 1.57 bits per heavy atom. The second kappa shape index (κ2) is 36.6. The third-order valence-corrected chi connectivity index (χ3v) is 10.9. The minimum absolute atomic E-state index is 0.0116. The van der Waals surface area contributed by atoms with E-state index in [0.29, 0.717) is 23.9 Å². The zero-order chi connectivity index (χ0) is 39.3. The summed E-state index contributed by atoms with van der Waals surface area (Å²) in [6.07, 6.45) is 41.8. The molecule has 8 nitrogen and oxygen atoms in total. The Hall–Kier alpha value is -1.02. The summed E-state index contributed by atoms with van der Waals surface area (Å²) in [4.78, 5) is 25.3. The quantitative estimate of drug-likeness (QED) is 0.0278. The van der Waals surface area contributed by atoms with Crippen LogP contribution in [0.4, 0.5) is 0 Å². The molecule has 1 amide bonds. The summed E-state index contributed by atoms with van der Waals surface area (Å²) < 4.78 is 23.2. The molecular formula is C44H87N2O6P. The minimum atomic E-state index is -4.56. The number of hydrogen-bond acceptors (Lipinski definition) is 6. The summed E-state index contributed by atoms with van der Waals surface area (Å²) >= 11 is 0. The van der Waals surface area contributed by atoms with E-state index in [9.17, 15) is 19.4 Å². The van der Waals surface area contributed by atoms with E-state index in [0.717, 1.165) is 44.9 Å². The Balaban J connectivity index is 4.26. The normalized spacial score (nSPS) is 14.6. The number of unbranched alkanes of at least 4 members (excludes halogenated alkanes) is 23. The second-order valence-electron chi connectivity index (χ2n) is 16.4. The van der Waals surface area contributed by atoms with Crippen LogP contribution in [0, 0.1) is 0 Å². The third kappa shape index (κ3) is 39.0. The monoisotopic (exact) mass is 771 g/mol.